The second kappa shape index (κ2) is 10.1. The fourth-order valence-corrected chi connectivity index (χ4v) is 3.46. The molecule has 0 aliphatic rings. The number of nitrogens with one attached hydrogen (secondary N) is 2. The third-order valence-corrected chi connectivity index (χ3v) is 5.25. The molecule has 0 radical (unpaired) electrons. The van der Waals surface area contributed by atoms with Gasteiger partial charge in [0.1, 0.15) is 11.6 Å². The van der Waals surface area contributed by atoms with E-state index in [1.165, 1.54) is 24.3 Å². The zero-order valence-electron chi connectivity index (χ0n) is 19.3. The standard InChI is InChI=1S/C27H26FN5O/c1-4-5-18-8-15-23-24(16-18)31-27(33(2)3)32-25(23)29-17-19-6-13-22(14-7-19)30-26(34)20-9-11-21(28)12-10-20/h4-16H,17H2,1-3H3,(H,30,34)(H,29,31,32)/b5-4+. The third-order valence-electron chi connectivity index (χ3n) is 5.25. The van der Waals surface area contributed by atoms with E-state index in [1.807, 2.05) is 80.5 Å². The molecule has 1 heterocycles. The molecule has 7 heteroatoms. The molecule has 0 spiro atoms. The van der Waals surface area contributed by atoms with E-state index < -0.39 is 0 Å². The number of carbonyl (C=O) groups is 1. The summed E-state index contributed by atoms with van der Waals surface area (Å²) in [7, 11) is 3.83. The summed E-state index contributed by atoms with van der Waals surface area (Å²) >= 11 is 0. The van der Waals surface area contributed by atoms with Crippen molar-refractivity contribution >= 4 is 40.3 Å². The van der Waals surface area contributed by atoms with Gasteiger partial charge in [0.2, 0.25) is 5.95 Å². The summed E-state index contributed by atoms with van der Waals surface area (Å²) in [6, 6.07) is 19.1. The second-order valence-corrected chi connectivity index (χ2v) is 8.05. The molecule has 1 amide bonds. The molecule has 4 rings (SSSR count). The van der Waals surface area contributed by atoms with Crippen LogP contribution in [0.2, 0.25) is 0 Å². The van der Waals surface area contributed by atoms with Crippen LogP contribution in [-0.4, -0.2) is 30.0 Å². The van der Waals surface area contributed by atoms with Gasteiger partial charge in [-0.25, -0.2) is 9.37 Å². The van der Waals surface area contributed by atoms with Crippen LogP contribution >= 0.6 is 0 Å². The molecule has 0 bridgehead atoms. The fraction of sp³-hybridized carbons (Fsp3) is 0.148. The summed E-state index contributed by atoms with van der Waals surface area (Å²) in [6.07, 6.45) is 4.04. The summed E-state index contributed by atoms with van der Waals surface area (Å²) in [5.74, 6) is 0.730. The molecule has 0 aliphatic carbocycles. The molecular weight excluding hydrogens is 429 g/mol. The van der Waals surface area contributed by atoms with Crippen molar-refractivity contribution < 1.29 is 9.18 Å². The average molecular weight is 456 g/mol. The van der Waals surface area contributed by atoms with Crippen molar-refractivity contribution in [1.82, 2.24) is 9.97 Å². The Balaban J connectivity index is 1.49. The minimum Gasteiger partial charge on any atom is -0.365 e. The molecule has 1 aromatic heterocycles. The van der Waals surface area contributed by atoms with E-state index in [-0.39, 0.29) is 11.7 Å². The van der Waals surface area contributed by atoms with E-state index in [9.17, 15) is 9.18 Å². The van der Waals surface area contributed by atoms with E-state index in [2.05, 4.69) is 20.6 Å². The molecular formula is C27H26FN5O. The number of benzene rings is 3. The van der Waals surface area contributed by atoms with Gasteiger partial charge < -0.3 is 15.5 Å². The summed E-state index contributed by atoms with van der Waals surface area (Å²) in [4.78, 5) is 23.6. The molecule has 0 saturated heterocycles. The van der Waals surface area contributed by atoms with E-state index >= 15 is 0 Å². The minimum atomic E-state index is -0.374. The number of fused-ring (bicyclic) bond motifs is 1. The molecule has 0 unspecified atom stereocenters. The topological polar surface area (TPSA) is 70.2 Å². The molecule has 172 valence electrons. The lowest BCUT2D eigenvalue weighted by molar-refractivity contribution is 0.102. The number of carbonyl (C=O) groups excluding carboxylic acids is 1. The van der Waals surface area contributed by atoms with Crippen LogP contribution in [0.25, 0.3) is 17.0 Å². The van der Waals surface area contributed by atoms with Gasteiger partial charge in [-0.15, -0.1) is 0 Å². The van der Waals surface area contributed by atoms with Crippen LogP contribution in [0.4, 0.5) is 21.8 Å². The van der Waals surface area contributed by atoms with Gasteiger partial charge in [-0.2, -0.15) is 4.98 Å². The number of rotatable bonds is 7. The summed E-state index contributed by atoms with van der Waals surface area (Å²) in [5.41, 5.74) is 4.05. The van der Waals surface area contributed by atoms with E-state index in [0.29, 0.717) is 23.7 Å². The highest BCUT2D eigenvalue weighted by Gasteiger charge is 2.10. The Morgan fingerprint density at radius 1 is 1.00 bits per heavy atom. The predicted octanol–water partition coefficient (Wildman–Crippen LogP) is 5.73. The van der Waals surface area contributed by atoms with Gasteiger partial charge in [0.05, 0.1) is 5.52 Å². The van der Waals surface area contributed by atoms with Crippen molar-refractivity contribution in [2.24, 2.45) is 0 Å². The monoisotopic (exact) mass is 455 g/mol. The van der Waals surface area contributed by atoms with Crippen molar-refractivity contribution in [3.8, 4) is 0 Å². The molecule has 0 saturated carbocycles. The van der Waals surface area contributed by atoms with Crippen molar-refractivity contribution in [2.75, 3.05) is 29.6 Å². The first-order chi connectivity index (χ1) is 16.4. The number of amides is 1. The fourth-order valence-electron chi connectivity index (χ4n) is 3.46. The van der Waals surface area contributed by atoms with Gasteiger partial charge in [0.25, 0.3) is 5.91 Å². The first kappa shape index (κ1) is 22.9. The van der Waals surface area contributed by atoms with Crippen LogP contribution in [0.5, 0.6) is 0 Å². The first-order valence-electron chi connectivity index (χ1n) is 10.9. The van der Waals surface area contributed by atoms with Crippen LogP contribution in [-0.2, 0) is 6.54 Å². The number of anilines is 3. The van der Waals surface area contributed by atoms with Gasteiger partial charge in [-0.1, -0.05) is 30.4 Å². The zero-order chi connectivity index (χ0) is 24.1. The Morgan fingerprint density at radius 2 is 1.74 bits per heavy atom. The minimum absolute atomic E-state index is 0.285. The number of hydrogen-bond donors (Lipinski definition) is 2. The van der Waals surface area contributed by atoms with Crippen molar-refractivity contribution in [2.45, 2.75) is 13.5 Å². The largest absolute Gasteiger partial charge is 0.365 e. The van der Waals surface area contributed by atoms with Gasteiger partial charge in [-0.05, 0) is 66.6 Å². The smallest absolute Gasteiger partial charge is 0.255 e. The Labute approximate surface area is 198 Å². The highest BCUT2D eigenvalue weighted by atomic mass is 19.1. The van der Waals surface area contributed by atoms with Crippen LogP contribution < -0.4 is 15.5 Å². The van der Waals surface area contributed by atoms with Gasteiger partial charge >= 0.3 is 0 Å². The number of allylic oxidation sites excluding steroid dienone is 1. The Bertz CT molecular complexity index is 1330. The van der Waals surface area contributed by atoms with Crippen LogP contribution in [0.15, 0.2) is 72.8 Å². The highest BCUT2D eigenvalue weighted by Crippen LogP contribution is 2.25. The number of nitrogens with zero attached hydrogens (tertiary/aromatic N) is 3. The maximum atomic E-state index is 13.1. The Morgan fingerprint density at radius 3 is 2.41 bits per heavy atom. The molecule has 0 atom stereocenters. The van der Waals surface area contributed by atoms with Crippen LogP contribution in [0, 0.1) is 5.82 Å². The summed E-state index contributed by atoms with van der Waals surface area (Å²) in [6.45, 7) is 2.55. The highest BCUT2D eigenvalue weighted by molar-refractivity contribution is 6.04. The molecule has 2 N–H and O–H groups in total. The maximum Gasteiger partial charge on any atom is 0.255 e. The van der Waals surface area contributed by atoms with Crippen molar-refractivity contribution in [3.05, 3.63) is 95.3 Å². The van der Waals surface area contributed by atoms with E-state index in [0.717, 1.165) is 27.8 Å². The SMILES string of the molecule is C/C=C/c1ccc2c(NCc3ccc(NC(=O)c4ccc(F)cc4)cc3)nc(N(C)C)nc2c1. The summed E-state index contributed by atoms with van der Waals surface area (Å²) in [5, 5.41) is 7.19. The molecule has 0 aliphatic heterocycles. The molecule has 6 nitrogen and oxygen atoms in total. The Hall–Kier alpha value is -4.26. The second-order valence-electron chi connectivity index (χ2n) is 8.05. The van der Waals surface area contributed by atoms with E-state index in [1.54, 1.807) is 0 Å². The first-order valence-corrected chi connectivity index (χ1v) is 10.9. The lowest BCUT2D eigenvalue weighted by atomic mass is 10.1. The lowest BCUT2D eigenvalue weighted by Crippen LogP contribution is -2.14. The molecule has 34 heavy (non-hydrogen) atoms. The normalized spacial score (nSPS) is 11.1. The third kappa shape index (κ3) is 5.38. The predicted molar refractivity (Wildman–Crippen MR) is 137 cm³/mol. The van der Waals surface area contributed by atoms with Gasteiger partial charge in [0, 0.05) is 37.3 Å². The van der Waals surface area contributed by atoms with Crippen molar-refractivity contribution in [1.29, 1.82) is 0 Å². The van der Waals surface area contributed by atoms with Crippen molar-refractivity contribution in [3.63, 3.8) is 0 Å². The zero-order valence-corrected chi connectivity index (χ0v) is 19.3. The van der Waals surface area contributed by atoms with Crippen LogP contribution in [0.1, 0.15) is 28.4 Å². The van der Waals surface area contributed by atoms with Gasteiger partial charge in [-0.3, -0.25) is 4.79 Å². The lowest BCUT2D eigenvalue weighted by Gasteiger charge is -2.15. The number of halogens is 1. The Kier molecular flexibility index (Phi) is 6.82. The van der Waals surface area contributed by atoms with Gasteiger partial charge in [0.15, 0.2) is 0 Å². The van der Waals surface area contributed by atoms with E-state index in [4.69, 9.17) is 0 Å². The maximum absolute atomic E-state index is 13.1. The molecule has 0 fully saturated rings. The van der Waals surface area contributed by atoms with Crippen LogP contribution in [0.3, 0.4) is 0 Å². The number of aromatic nitrogens is 2. The number of hydrogen-bond acceptors (Lipinski definition) is 5. The quantitative estimate of drug-likeness (QED) is 0.372. The molecule has 3 aromatic carbocycles. The molecule has 4 aromatic rings. The summed E-state index contributed by atoms with van der Waals surface area (Å²) < 4.78 is 13.1. The average Bonchev–Trinajstić information content (AvgIpc) is 2.83.